The van der Waals surface area contributed by atoms with Crippen LogP contribution in [0.15, 0.2) is 12.1 Å². The number of halogens is 3. The van der Waals surface area contributed by atoms with Crippen molar-refractivity contribution in [2.45, 2.75) is 64.0 Å². The van der Waals surface area contributed by atoms with E-state index in [0.717, 1.165) is 23.5 Å². The fourth-order valence-corrected chi connectivity index (χ4v) is 4.95. The molecule has 2 aromatic rings. The molecule has 9 heteroatoms. The van der Waals surface area contributed by atoms with Crippen LogP contribution in [0, 0.1) is 18.8 Å². The number of carboxylic acid groups (broad SMARTS) is 1. The number of aromatic nitrogens is 3. The summed E-state index contributed by atoms with van der Waals surface area (Å²) >= 11 is 0. The van der Waals surface area contributed by atoms with Gasteiger partial charge in [0.1, 0.15) is 0 Å². The van der Waals surface area contributed by atoms with Crippen molar-refractivity contribution in [2.75, 3.05) is 13.1 Å². The summed E-state index contributed by atoms with van der Waals surface area (Å²) < 4.78 is 40.8. The highest BCUT2D eigenvalue weighted by Crippen LogP contribution is 2.43. The SMILES string of the molecule is Cc1cc([C@@H]2CN(C(=O)O)CC[C@@H]2C)n2nc([C@H]3CC[C@H](C(F)(F)F)CC3)cc2n1. The maximum absolute atomic E-state index is 13.0. The van der Waals surface area contributed by atoms with Crippen molar-refractivity contribution in [2.24, 2.45) is 11.8 Å². The van der Waals surface area contributed by atoms with Crippen molar-refractivity contribution in [1.29, 1.82) is 0 Å². The average Bonchev–Trinajstić information content (AvgIpc) is 3.11. The lowest BCUT2D eigenvalue weighted by Crippen LogP contribution is -2.42. The number of aryl methyl sites for hydroxylation is 1. The van der Waals surface area contributed by atoms with Crippen LogP contribution in [0.1, 0.15) is 67.9 Å². The quantitative estimate of drug-likeness (QED) is 0.738. The van der Waals surface area contributed by atoms with E-state index in [2.05, 4.69) is 11.9 Å². The minimum absolute atomic E-state index is 0.00208. The van der Waals surface area contributed by atoms with Crippen molar-refractivity contribution in [1.82, 2.24) is 19.5 Å². The van der Waals surface area contributed by atoms with Gasteiger partial charge in [-0.2, -0.15) is 18.3 Å². The molecule has 0 bridgehead atoms. The van der Waals surface area contributed by atoms with Gasteiger partial charge in [-0.05, 0) is 51.0 Å². The van der Waals surface area contributed by atoms with E-state index >= 15 is 0 Å². The summed E-state index contributed by atoms with van der Waals surface area (Å²) in [5, 5.41) is 14.2. The van der Waals surface area contributed by atoms with Crippen molar-refractivity contribution >= 4 is 11.7 Å². The highest BCUT2D eigenvalue weighted by molar-refractivity contribution is 5.65. The van der Waals surface area contributed by atoms with E-state index in [1.54, 1.807) is 4.52 Å². The molecule has 0 spiro atoms. The normalized spacial score (nSPS) is 28.1. The average molecular weight is 424 g/mol. The first-order valence-corrected chi connectivity index (χ1v) is 10.5. The van der Waals surface area contributed by atoms with Crippen LogP contribution in [-0.4, -0.2) is 50.0 Å². The third-order valence-corrected chi connectivity index (χ3v) is 6.82. The molecule has 6 nitrogen and oxygen atoms in total. The summed E-state index contributed by atoms with van der Waals surface area (Å²) in [6, 6.07) is 3.84. The number of piperidine rings is 1. The van der Waals surface area contributed by atoms with Gasteiger partial charge in [-0.15, -0.1) is 0 Å². The molecule has 2 aliphatic rings. The van der Waals surface area contributed by atoms with Crippen LogP contribution >= 0.6 is 0 Å². The second kappa shape index (κ2) is 7.74. The predicted octanol–water partition coefficient (Wildman–Crippen LogP) is 4.98. The fraction of sp³-hybridized carbons (Fsp3) is 0.667. The lowest BCUT2D eigenvalue weighted by molar-refractivity contribution is -0.182. The first-order valence-electron chi connectivity index (χ1n) is 10.5. The minimum atomic E-state index is -4.12. The lowest BCUT2D eigenvalue weighted by Gasteiger charge is -2.35. The van der Waals surface area contributed by atoms with Crippen molar-refractivity contribution in [3.8, 4) is 0 Å². The standard InChI is InChI=1S/C21H27F3N4O2/c1-12-7-8-27(20(29)30)11-16(12)18-9-13(2)25-19-10-17(26-28(18)19)14-3-5-15(6-4-14)21(22,23)24/h9-10,12,14-16H,3-8,11H2,1-2H3,(H,29,30)/t12-,14-,15-,16+/m0/s1. The molecule has 1 saturated heterocycles. The number of nitrogens with zero attached hydrogens (tertiary/aromatic N) is 4. The van der Waals surface area contributed by atoms with Gasteiger partial charge in [-0.25, -0.2) is 14.3 Å². The zero-order valence-electron chi connectivity index (χ0n) is 17.2. The highest BCUT2D eigenvalue weighted by atomic mass is 19.4. The Bertz CT molecular complexity index is 934. The molecule has 1 amide bonds. The highest BCUT2D eigenvalue weighted by Gasteiger charge is 2.42. The summed E-state index contributed by atoms with van der Waals surface area (Å²) in [4.78, 5) is 17.5. The van der Waals surface area contributed by atoms with Gasteiger partial charge in [0, 0.05) is 36.7 Å². The molecular weight excluding hydrogens is 397 g/mol. The summed E-state index contributed by atoms with van der Waals surface area (Å²) in [7, 11) is 0. The first-order chi connectivity index (χ1) is 14.1. The van der Waals surface area contributed by atoms with E-state index in [0.29, 0.717) is 37.5 Å². The van der Waals surface area contributed by atoms with Crippen molar-refractivity contribution < 1.29 is 23.1 Å². The third kappa shape index (κ3) is 3.98. The van der Waals surface area contributed by atoms with Crippen LogP contribution in [0.25, 0.3) is 5.65 Å². The Labute approximate surface area is 173 Å². The summed E-state index contributed by atoms with van der Waals surface area (Å²) in [6.45, 7) is 4.94. The number of alkyl halides is 3. The second-order valence-corrected chi connectivity index (χ2v) is 8.85. The molecule has 0 unspecified atom stereocenters. The molecule has 2 aromatic heterocycles. The van der Waals surface area contributed by atoms with Gasteiger partial charge in [-0.3, -0.25) is 0 Å². The Kier molecular flexibility index (Phi) is 5.40. The molecule has 0 radical (unpaired) electrons. The van der Waals surface area contributed by atoms with E-state index in [4.69, 9.17) is 5.10 Å². The number of rotatable bonds is 2. The molecular formula is C21H27F3N4O2. The van der Waals surface area contributed by atoms with Crippen molar-refractivity contribution in [3.63, 3.8) is 0 Å². The summed E-state index contributed by atoms with van der Waals surface area (Å²) in [6.07, 6.45) is -3.07. The number of likely N-dealkylation sites (tertiary alicyclic amines) is 1. The maximum atomic E-state index is 13.0. The van der Waals surface area contributed by atoms with Crippen LogP contribution in [0.5, 0.6) is 0 Å². The molecule has 4 rings (SSSR count). The van der Waals surface area contributed by atoms with Gasteiger partial charge < -0.3 is 10.0 Å². The predicted molar refractivity (Wildman–Crippen MR) is 105 cm³/mol. The van der Waals surface area contributed by atoms with E-state index < -0.39 is 18.2 Å². The lowest BCUT2D eigenvalue weighted by atomic mass is 9.80. The monoisotopic (exact) mass is 424 g/mol. The fourth-order valence-electron chi connectivity index (χ4n) is 4.95. The summed E-state index contributed by atoms with van der Waals surface area (Å²) in [5.41, 5.74) is 3.21. The Morgan fingerprint density at radius 3 is 2.50 bits per heavy atom. The largest absolute Gasteiger partial charge is 0.465 e. The van der Waals surface area contributed by atoms with Gasteiger partial charge in [0.15, 0.2) is 5.65 Å². The van der Waals surface area contributed by atoms with E-state index in [9.17, 15) is 23.1 Å². The molecule has 0 aromatic carbocycles. The molecule has 164 valence electrons. The van der Waals surface area contributed by atoms with E-state index in [-0.39, 0.29) is 24.7 Å². The number of amides is 1. The van der Waals surface area contributed by atoms with Crippen molar-refractivity contribution in [3.05, 3.63) is 29.2 Å². The number of fused-ring (bicyclic) bond motifs is 1. The zero-order valence-corrected chi connectivity index (χ0v) is 17.2. The molecule has 30 heavy (non-hydrogen) atoms. The van der Waals surface area contributed by atoms with Gasteiger partial charge in [0.2, 0.25) is 0 Å². The van der Waals surface area contributed by atoms with E-state index in [1.165, 1.54) is 4.90 Å². The number of hydrogen-bond acceptors (Lipinski definition) is 3. The zero-order chi connectivity index (χ0) is 21.6. The van der Waals surface area contributed by atoms with E-state index in [1.807, 2.05) is 19.1 Å². The topological polar surface area (TPSA) is 70.7 Å². The first kappa shape index (κ1) is 20.9. The van der Waals surface area contributed by atoms with Crippen LogP contribution in [0.2, 0.25) is 0 Å². The molecule has 1 N–H and O–H groups in total. The van der Waals surface area contributed by atoms with Crippen LogP contribution in [0.4, 0.5) is 18.0 Å². The summed E-state index contributed by atoms with van der Waals surface area (Å²) in [5.74, 6) is -0.933. The van der Waals surface area contributed by atoms with Gasteiger partial charge in [0.25, 0.3) is 0 Å². The molecule has 1 aliphatic carbocycles. The smallest absolute Gasteiger partial charge is 0.407 e. The number of hydrogen-bond donors (Lipinski definition) is 1. The molecule has 1 aliphatic heterocycles. The van der Waals surface area contributed by atoms with Crippen LogP contribution < -0.4 is 0 Å². The van der Waals surface area contributed by atoms with Crippen LogP contribution in [-0.2, 0) is 0 Å². The Morgan fingerprint density at radius 1 is 1.17 bits per heavy atom. The van der Waals surface area contributed by atoms with Gasteiger partial charge in [-0.1, -0.05) is 6.92 Å². The Balaban J connectivity index is 1.63. The maximum Gasteiger partial charge on any atom is 0.407 e. The molecule has 2 fully saturated rings. The van der Waals surface area contributed by atoms with Gasteiger partial charge >= 0.3 is 12.3 Å². The Hall–Kier alpha value is -2.32. The number of carbonyl (C=O) groups is 1. The molecule has 2 atom stereocenters. The van der Waals surface area contributed by atoms with Gasteiger partial charge in [0.05, 0.1) is 17.3 Å². The second-order valence-electron chi connectivity index (χ2n) is 8.85. The Morgan fingerprint density at radius 2 is 1.87 bits per heavy atom. The minimum Gasteiger partial charge on any atom is -0.465 e. The molecule has 3 heterocycles. The third-order valence-electron chi connectivity index (χ3n) is 6.82. The van der Waals surface area contributed by atoms with Crippen LogP contribution in [0.3, 0.4) is 0 Å². The molecule has 1 saturated carbocycles.